The van der Waals surface area contributed by atoms with Gasteiger partial charge in [0.05, 0.1) is 18.4 Å². The number of ether oxygens (including phenoxy) is 1. The number of hydrogen-bond acceptors (Lipinski definition) is 4. The summed E-state index contributed by atoms with van der Waals surface area (Å²) in [5.41, 5.74) is 4.85. The Morgan fingerprint density at radius 3 is 2.50 bits per heavy atom. The van der Waals surface area contributed by atoms with Crippen molar-refractivity contribution in [3.8, 4) is 0 Å². The number of esters is 1. The molecule has 0 aliphatic rings. The first-order chi connectivity index (χ1) is 6.47. The Hall–Kier alpha value is -1.10. The van der Waals surface area contributed by atoms with Crippen molar-refractivity contribution in [1.29, 1.82) is 0 Å². The zero-order valence-corrected chi connectivity index (χ0v) is 8.53. The molecular formula is C9H17NO4. The standard InChI is InChI=1S/C9H17NO4/c1-3-6(2)9(13)14-5-7(11)4-8(10)12/h6-7,11H,3-5H2,1-2H3,(H2,10,12). The third-order valence-electron chi connectivity index (χ3n) is 1.87. The van der Waals surface area contributed by atoms with Gasteiger partial charge in [-0.05, 0) is 6.42 Å². The van der Waals surface area contributed by atoms with Crippen molar-refractivity contribution in [2.24, 2.45) is 11.7 Å². The summed E-state index contributed by atoms with van der Waals surface area (Å²) in [4.78, 5) is 21.5. The van der Waals surface area contributed by atoms with Crippen molar-refractivity contribution < 1.29 is 19.4 Å². The lowest BCUT2D eigenvalue weighted by molar-refractivity contribution is -0.151. The van der Waals surface area contributed by atoms with E-state index in [0.717, 1.165) is 0 Å². The number of primary amides is 1. The van der Waals surface area contributed by atoms with E-state index in [1.54, 1.807) is 6.92 Å². The molecule has 0 saturated heterocycles. The Balaban J connectivity index is 3.71. The highest BCUT2D eigenvalue weighted by Crippen LogP contribution is 2.04. The molecule has 0 bridgehead atoms. The molecule has 3 N–H and O–H groups in total. The number of carbonyl (C=O) groups is 2. The van der Waals surface area contributed by atoms with Crippen LogP contribution >= 0.6 is 0 Å². The third kappa shape index (κ3) is 5.53. The largest absolute Gasteiger partial charge is 0.463 e. The lowest BCUT2D eigenvalue weighted by Crippen LogP contribution is -2.26. The molecule has 0 aliphatic carbocycles. The van der Waals surface area contributed by atoms with Gasteiger partial charge in [0.25, 0.3) is 0 Å². The topological polar surface area (TPSA) is 89.6 Å². The molecule has 0 rings (SSSR count). The normalized spacial score (nSPS) is 14.5. The third-order valence-corrected chi connectivity index (χ3v) is 1.87. The lowest BCUT2D eigenvalue weighted by Gasteiger charge is -2.12. The number of nitrogens with two attached hydrogens (primary N) is 1. The van der Waals surface area contributed by atoms with Crippen molar-refractivity contribution in [3.63, 3.8) is 0 Å². The Bertz CT molecular complexity index is 205. The quantitative estimate of drug-likeness (QED) is 0.585. The Morgan fingerprint density at radius 1 is 1.50 bits per heavy atom. The molecule has 1 amide bonds. The molecule has 0 aromatic heterocycles. The average Bonchev–Trinajstić information content (AvgIpc) is 2.11. The van der Waals surface area contributed by atoms with Crippen LogP contribution in [0.4, 0.5) is 0 Å². The monoisotopic (exact) mass is 203 g/mol. The Kier molecular flexibility index (Phi) is 5.87. The van der Waals surface area contributed by atoms with E-state index in [-0.39, 0.29) is 24.9 Å². The van der Waals surface area contributed by atoms with Gasteiger partial charge in [-0.15, -0.1) is 0 Å². The minimum absolute atomic E-state index is 0.174. The molecule has 0 fully saturated rings. The van der Waals surface area contributed by atoms with E-state index in [1.165, 1.54) is 0 Å². The molecule has 5 heteroatoms. The minimum Gasteiger partial charge on any atom is -0.463 e. The van der Waals surface area contributed by atoms with Crippen LogP contribution in [-0.4, -0.2) is 29.7 Å². The van der Waals surface area contributed by atoms with Gasteiger partial charge >= 0.3 is 5.97 Å². The first kappa shape index (κ1) is 12.9. The number of aliphatic hydroxyl groups excluding tert-OH is 1. The van der Waals surface area contributed by atoms with E-state index < -0.39 is 12.0 Å². The fourth-order valence-electron chi connectivity index (χ4n) is 0.778. The maximum atomic E-state index is 11.1. The van der Waals surface area contributed by atoms with Crippen LogP contribution in [0.1, 0.15) is 26.7 Å². The van der Waals surface area contributed by atoms with Gasteiger partial charge in [0, 0.05) is 0 Å². The molecule has 14 heavy (non-hydrogen) atoms. The van der Waals surface area contributed by atoms with Gasteiger partial charge in [0.1, 0.15) is 6.61 Å². The van der Waals surface area contributed by atoms with E-state index in [2.05, 4.69) is 0 Å². The molecule has 2 atom stereocenters. The average molecular weight is 203 g/mol. The van der Waals surface area contributed by atoms with Crippen LogP contribution in [0.25, 0.3) is 0 Å². The number of aliphatic hydroxyl groups is 1. The molecule has 0 spiro atoms. The summed E-state index contributed by atoms with van der Waals surface area (Å²) in [5, 5.41) is 9.14. The molecule has 2 unspecified atom stereocenters. The van der Waals surface area contributed by atoms with E-state index in [4.69, 9.17) is 15.6 Å². The zero-order valence-electron chi connectivity index (χ0n) is 8.53. The summed E-state index contributed by atoms with van der Waals surface area (Å²) in [7, 11) is 0. The van der Waals surface area contributed by atoms with Crippen LogP contribution in [0.2, 0.25) is 0 Å². The maximum absolute atomic E-state index is 11.1. The van der Waals surface area contributed by atoms with Crippen LogP contribution in [0.3, 0.4) is 0 Å². The summed E-state index contributed by atoms with van der Waals surface area (Å²) >= 11 is 0. The van der Waals surface area contributed by atoms with Crippen LogP contribution < -0.4 is 5.73 Å². The summed E-state index contributed by atoms with van der Waals surface area (Å²) in [6, 6.07) is 0. The first-order valence-electron chi connectivity index (χ1n) is 4.60. The van der Waals surface area contributed by atoms with Crippen molar-refractivity contribution in [3.05, 3.63) is 0 Å². The second-order valence-corrected chi connectivity index (χ2v) is 3.26. The predicted molar refractivity (Wildman–Crippen MR) is 50.2 cm³/mol. The molecule has 0 aromatic rings. The van der Waals surface area contributed by atoms with E-state index in [1.807, 2.05) is 6.92 Å². The van der Waals surface area contributed by atoms with Gasteiger partial charge in [-0.3, -0.25) is 9.59 Å². The molecule has 0 aromatic carbocycles. The van der Waals surface area contributed by atoms with Crippen LogP contribution in [0, 0.1) is 5.92 Å². The van der Waals surface area contributed by atoms with Gasteiger partial charge in [0.2, 0.25) is 5.91 Å². The maximum Gasteiger partial charge on any atom is 0.308 e. The van der Waals surface area contributed by atoms with Crippen molar-refractivity contribution in [2.75, 3.05) is 6.61 Å². The summed E-state index contributed by atoms with van der Waals surface area (Å²) in [5.74, 6) is -1.16. The minimum atomic E-state index is -1.000. The van der Waals surface area contributed by atoms with E-state index in [9.17, 15) is 9.59 Å². The van der Waals surface area contributed by atoms with Gasteiger partial charge in [-0.25, -0.2) is 0 Å². The smallest absolute Gasteiger partial charge is 0.308 e. The Morgan fingerprint density at radius 2 is 2.07 bits per heavy atom. The number of hydrogen-bond donors (Lipinski definition) is 2. The van der Waals surface area contributed by atoms with Crippen molar-refractivity contribution >= 4 is 11.9 Å². The van der Waals surface area contributed by atoms with Crippen LogP contribution in [-0.2, 0) is 14.3 Å². The SMILES string of the molecule is CCC(C)C(=O)OCC(O)CC(N)=O. The fourth-order valence-corrected chi connectivity index (χ4v) is 0.778. The second kappa shape index (κ2) is 6.37. The fraction of sp³-hybridized carbons (Fsp3) is 0.778. The first-order valence-corrected chi connectivity index (χ1v) is 4.60. The summed E-state index contributed by atoms with van der Waals surface area (Å²) < 4.78 is 4.76. The second-order valence-electron chi connectivity index (χ2n) is 3.26. The van der Waals surface area contributed by atoms with Crippen molar-refractivity contribution in [2.45, 2.75) is 32.8 Å². The molecule has 0 radical (unpaired) electrons. The van der Waals surface area contributed by atoms with Crippen LogP contribution in [0.15, 0.2) is 0 Å². The van der Waals surface area contributed by atoms with Crippen LogP contribution in [0.5, 0.6) is 0 Å². The molecule has 0 saturated carbocycles. The van der Waals surface area contributed by atoms with Gasteiger partial charge in [0.15, 0.2) is 0 Å². The molecule has 82 valence electrons. The van der Waals surface area contributed by atoms with Gasteiger partial charge in [-0.2, -0.15) is 0 Å². The molecule has 0 heterocycles. The van der Waals surface area contributed by atoms with E-state index >= 15 is 0 Å². The molecule has 5 nitrogen and oxygen atoms in total. The van der Waals surface area contributed by atoms with Crippen molar-refractivity contribution in [1.82, 2.24) is 0 Å². The summed E-state index contributed by atoms with van der Waals surface area (Å²) in [6.07, 6.45) is -0.501. The highest BCUT2D eigenvalue weighted by Gasteiger charge is 2.15. The summed E-state index contributed by atoms with van der Waals surface area (Å²) in [6.45, 7) is 3.43. The zero-order chi connectivity index (χ0) is 11.1. The Labute approximate surface area is 83.2 Å². The number of rotatable bonds is 6. The lowest BCUT2D eigenvalue weighted by atomic mass is 10.1. The van der Waals surface area contributed by atoms with Gasteiger partial charge < -0.3 is 15.6 Å². The molecule has 0 aliphatic heterocycles. The number of amides is 1. The predicted octanol–water partition coefficient (Wildman–Crippen LogP) is -0.188. The highest BCUT2D eigenvalue weighted by molar-refractivity contribution is 5.74. The van der Waals surface area contributed by atoms with E-state index in [0.29, 0.717) is 6.42 Å². The molecular weight excluding hydrogens is 186 g/mol. The number of carbonyl (C=O) groups excluding carboxylic acids is 2. The highest BCUT2D eigenvalue weighted by atomic mass is 16.5. The van der Waals surface area contributed by atoms with Gasteiger partial charge in [-0.1, -0.05) is 13.8 Å².